The number of ether oxygens (including phenoxy) is 3. The van der Waals surface area contributed by atoms with E-state index in [0.29, 0.717) is 32.8 Å². The van der Waals surface area contributed by atoms with Gasteiger partial charge < -0.3 is 25.1 Å². The highest BCUT2D eigenvalue weighted by Gasteiger charge is 2.20. The number of aliphatic hydroxyl groups excluding tert-OH is 1. The first-order chi connectivity index (χ1) is 7.52. The summed E-state index contributed by atoms with van der Waals surface area (Å²) in [6.07, 6.45) is 0.648. The van der Waals surface area contributed by atoms with E-state index in [1.54, 1.807) is 7.11 Å². The number of hydrogen-bond acceptors (Lipinski definition) is 5. The normalized spacial score (nSPS) is 17.1. The van der Waals surface area contributed by atoms with Crippen LogP contribution < -0.4 is 5.73 Å². The fourth-order valence-corrected chi connectivity index (χ4v) is 1.33. The summed E-state index contributed by atoms with van der Waals surface area (Å²) in [5.41, 5.74) is 5.24. The van der Waals surface area contributed by atoms with Crippen molar-refractivity contribution in [2.75, 3.05) is 40.1 Å². The molecule has 0 radical (unpaired) electrons. The molecular weight excluding hydrogens is 210 g/mol. The van der Waals surface area contributed by atoms with Crippen LogP contribution in [-0.2, 0) is 14.2 Å². The first-order valence-corrected chi connectivity index (χ1v) is 5.60. The minimum Gasteiger partial charge on any atom is -0.394 e. The molecule has 0 aromatic heterocycles. The second-order valence-electron chi connectivity index (χ2n) is 4.30. The molecule has 0 heterocycles. The molecule has 0 aromatic rings. The second kappa shape index (κ2) is 8.90. The maximum atomic E-state index is 8.99. The molecule has 98 valence electrons. The zero-order valence-corrected chi connectivity index (χ0v) is 10.6. The molecule has 3 N–H and O–H groups in total. The summed E-state index contributed by atoms with van der Waals surface area (Å²) in [4.78, 5) is 0. The zero-order valence-electron chi connectivity index (χ0n) is 10.6. The van der Waals surface area contributed by atoms with Crippen molar-refractivity contribution in [1.29, 1.82) is 0 Å². The monoisotopic (exact) mass is 235 g/mol. The summed E-state index contributed by atoms with van der Waals surface area (Å²) in [5, 5.41) is 8.99. The van der Waals surface area contributed by atoms with Crippen LogP contribution in [0.2, 0.25) is 0 Å². The van der Waals surface area contributed by atoms with Gasteiger partial charge in [-0.25, -0.2) is 0 Å². The summed E-state index contributed by atoms with van der Waals surface area (Å²) in [7, 11) is 1.64. The highest BCUT2D eigenvalue weighted by Crippen LogP contribution is 2.10. The maximum absolute atomic E-state index is 8.99. The fraction of sp³-hybridized carbons (Fsp3) is 1.00. The molecule has 0 aliphatic heterocycles. The predicted octanol–water partition coefficient (Wildman–Crippen LogP) is 0.154. The molecule has 0 rings (SSSR count). The number of aliphatic hydroxyl groups is 1. The maximum Gasteiger partial charge on any atom is 0.0704 e. The van der Waals surface area contributed by atoms with Gasteiger partial charge in [0, 0.05) is 12.6 Å². The van der Waals surface area contributed by atoms with Crippen LogP contribution >= 0.6 is 0 Å². The van der Waals surface area contributed by atoms with Gasteiger partial charge in [0.2, 0.25) is 0 Å². The topological polar surface area (TPSA) is 73.9 Å². The second-order valence-corrected chi connectivity index (χ2v) is 4.30. The van der Waals surface area contributed by atoms with Crippen LogP contribution in [-0.4, -0.2) is 56.9 Å². The number of hydrogen-bond donors (Lipinski definition) is 2. The standard InChI is InChI=1S/C11H25NO4/c1-10(8-11(2,12)9-13)16-7-6-15-5-4-14-3/h10,13H,4-9,12H2,1-3H3. The van der Waals surface area contributed by atoms with Crippen LogP contribution in [0.15, 0.2) is 0 Å². The van der Waals surface area contributed by atoms with Crippen molar-refractivity contribution >= 4 is 0 Å². The zero-order chi connectivity index (χ0) is 12.4. The van der Waals surface area contributed by atoms with Gasteiger partial charge in [-0.15, -0.1) is 0 Å². The van der Waals surface area contributed by atoms with Gasteiger partial charge in [0.1, 0.15) is 0 Å². The van der Waals surface area contributed by atoms with Crippen LogP contribution in [0.5, 0.6) is 0 Å². The van der Waals surface area contributed by atoms with Crippen LogP contribution in [0.1, 0.15) is 20.3 Å². The van der Waals surface area contributed by atoms with Gasteiger partial charge in [0.25, 0.3) is 0 Å². The molecule has 0 aliphatic carbocycles. The molecule has 0 saturated carbocycles. The third-order valence-corrected chi connectivity index (χ3v) is 2.18. The van der Waals surface area contributed by atoms with Gasteiger partial charge in [-0.1, -0.05) is 0 Å². The third kappa shape index (κ3) is 9.06. The van der Waals surface area contributed by atoms with E-state index in [2.05, 4.69) is 0 Å². The average molecular weight is 235 g/mol. The Morgan fingerprint density at radius 2 is 1.88 bits per heavy atom. The van der Waals surface area contributed by atoms with Crippen molar-refractivity contribution in [2.45, 2.75) is 31.9 Å². The Balaban J connectivity index is 3.40. The first kappa shape index (κ1) is 15.8. The quantitative estimate of drug-likeness (QED) is 0.527. The van der Waals surface area contributed by atoms with E-state index in [9.17, 15) is 0 Å². The van der Waals surface area contributed by atoms with Gasteiger partial charge in [0.15, 0.2) is 0 Å². The lowest BCUT2D eigenvalue weighted by atomic mass is 9.97. The molecule has 0 saturated heterocycles. The smallest absolute Gasteiger partial charge is 0.0704 e. The minimum absolute atomic E-state index is 0.0215. The molecule has 5 nitrogen and oxygen atoms in total. The van der Waals surface area contributed by atoms with Crippen LogP contribution in [0, 0.1) is 0 Å². The number of methoxy groups -OCH3 is 1. The molecule has 0 aromatic carbocycles. The predicted molar refractivity (Wildman–Crippen MR) is 62.4 cm³/mol. The SMILES string of the molecule is COCCOCCOC(C)CC(C)(N)CO. The molecule has 0 spiro atoms. The Bertz CT molecular complexity index is 164. The summed E-state index contributed by atoms with van der Waals surface area (Å²) < 4.78 is 15.6. The fourth-order valence-electron chi connectivity index (χ4n) is 1.33. The summed E-state index contributed by atoms with van der Waals surface area (Å²) in [6, 6.07) is 0. The van der Waals surface area contributed by atoms with Crippen molar-refractivity contribution in [2.24, 2.45) is 5.73 Å². The molecule has 0 amide bonds. The Hall–Kier alpha value is -0.200. The lowest BCUT2D eigenvalue weighted by Crippen LogP contribution is -2.43. The summed E-state index contributed by atoms with van der Waals surface area (Å²) >= 11 is 0. The van der Waals surface area contributed by atoms with Gasteiger partial charge in [-0.2, -0.15) is 0 Å². The van der Waals surface area contributed by atoms with Crippen molar-refractivity contribution in [3.63, 3.8) is 0 Å². The molecule has 5 heteroatoms. The number of nitrogens with two attached hydrogens (primary N) is 1. The Morgan fingerprint density at radius 1 is 1.25 bits per heavy atom. The van der Waals surface area contributed by atoms with Crippen molar-refractivity contribution in [3.8, 4) is 0 Å². The molecule has 16 heavy (non-hydrogen) atoms. The van der Waals surface area contributed by atoms with Crippen LogP contribution in [0.4, 0.5) is 0 Å². The molecule has 0 bridgehead atoms. The van der Waals surface area contributed by atoms with E-state index in [-0.39, 0.29) is 12.7 Å². The Morgan fingerprint density at radius 3 is 2.44 bits per heavy atom. The van der Waals surface area contributed by atoms with E-state index >= 15 is 0 Å². The van der Waals surface area contributed by atoms with E-state index in [4.69, 9.17) is 25.1 Å². The lowest BCUT2D eigenvalue weighted by molar-refractivity contribution is -0.0118. The van der Waals surface area contributed by atoms with Crippen molar-refractivity contribution in [1.82, 2.24) is 0 Å². The Kier molecular flexibility index (Phi) is 8.78. The van der Waals surface area contributed by atoms with Crippen LogP contribution in [0.3, 0.4) is 0 Å². The molecule has 0 fully saturated rings. The molecule has 2 unspecified atom stereocenters. The highest BCUT2D eigenvalue weighted by atomic mass is 16.5. The molecule has 0 aliphatic rings. The largest absolute Gasteiger partial charge is 0.394 e. The van der Waals surface area contributed by atoms with E-state index in [0.717, 1.165) is 0 Å². The third-order valence-electron chi connectivity index (χ3n) is 2.18. The lowest BCUT2D eigenvalue weighted by Gasteiger charge is -2.25. The van der Waals surface area contributed by atoms with Gasteiger partial charge in [0.05, 0.1) is 39.1 Å². The van der Waals surface area contributed by atoms with Gasteiger partial charge >= 0.3 is 0 Å². The molecular formula is C11H25NO4. The molecule has 2 atom stereocenters. The van der Waals surface area contributed by atoms with Gasteiger partial charge in [-0.05, 0) is 20.3 Å². The highest BCUT2D eigenvalue weighted by molar-refractivity contribution is 4.79. The average Bonchev–Trinajstić information content (AvgIpc) is 2.22. The summed E-state index contributed by atoms with van der Waals surface area (Å²) in [5.74, 6) is 0. The van der Waals surface area contributed by atoms with E-state index in [1.807, 2.05) is 13.8 Å². The van der Waals surface area contributed by atoms with E-state index in [1.165, 1.54) is 0 Å². The first-order valence-electron chi connectivity index (χ1n) is 5.60. The van der Waals surface area contributed by atoms with Gasteiger partial charge in [-0.3, -0.25) is 0 Å². The van der Waals surface area contributed by atoms with Crippen molar-refractivity contribution < 1.29 is 19.3 Å². The van der Waals surface area contributed by atoms with Crippen molar-refractivity contribution in [3.05, 3.63) is 0 Å². The number of rotatable bonds is 10. The minimum atomic E-state index is -0.573. The van der Waals surface area contributed by atoms with Crippen LogP contribution in [0.25, 0.3) is 0 Å². The summed E-state index contributed by atoms with van der Waals surface area (Å²) in [6.45, 7) is 5.98. The Labute approximate surface area is 97.9 Å². The van der Waals surface area contributed by atoms with E-state index < -0.39 is 5.54 Å².